The largest absolute Gasteiger partial charge is 0.457 e. The number of hydrogen-bond donors (Lipinski definition) is 0. The van der Waals surface area contributed by atoms with Crippen molar-refractivity contribution in [2.24, 2.45) is 0 Å². The number of nitrogens with zero attached hydrogens (tertiary/aromatic N) is 4. The lowest BCUT2D eigenvalue weighted by molar-refractivity contribution is 0.479. The Balaban J connectivity index is 1.04. The molecule has 0 aliphatic carbocycles. The van der Waals surface area contributed by atoms with Gasteiger partial charge in [-0.25, -0.2) is 4.98 Å². The number of pyridine rings is 1. The number of fused-ring (bicyclic) bond motifs is 6. The third-order valence-corrected chi connectivity index (χ3v) is 12.6. The number of para-hydroxylation sites is 4. The first kappa shape index (κ1) is 39.3. The van der Waals surface area contributed by atoms with Crippen LogP contribution < -0.4 is 14.5 Å². The van der Waals surface area contributed by atoms with Crippen LogP contribution in [0.25, 0.3) is 61.0 Å². The van der Waals surface area contributed by atoms with Crippen LogP contribution in [-0.4, -0.2) is 16.2 Å². The first-order chi connectivity index (χ1) is 31.0. The number of hydrogen-bond acceptors (Lipinski definition) is 5. The van der Waals surface area contributed by atoms with Crippen molar-refractivity contribution in [3.05, 3.63) is 193 Å². The minimum atomic E-state index is -0.151. The van der Waals surface area contributed by atoms with Crippen LogP contribution in [0.3, 0.4) is 0 Å². The molecule has 6 heteroatoms. The predicted octanol–water partition coefficient (Wildman–Crippen LogP) is 15.9. The van der Waals surface area contributed by atoms with E-state index >= 15 is 0 Å². The molecule has 7 aromatic carbocycles. The van der Waals surface area contributed by atoms with Gasteiger partial charge in [0.2, 0.25) is 0 Å². The fraction of sp³-hybridized carbons (Fsp3) is 0.155. The summed E-state index contributed by atoms with van der Waals surface area (Å²) in [5.74, 6) is 2.34. The molecule has 1 aliphatic rings. The van der Waals surface area contributed by atoms with Gasteiger partial charge in [-0.05, 0) is 93.7 Å². The van der Waals surface area contributed by atoms with E-state index in [4.69, 9.17) is 14.1 Å². The van der Waals surface area contributed by atoms with E-state index in [2.05, 4.69) is 220 Å². The molecule has 64 heavy (non-hydrogen) atoms. The van der Waals surface area contributed by atoms with Crippen molar-refractivity contribution in [2.45, 2.75) is 52.4 Å². The maximum absolute atomic E-state index is 7.00. The molecule has 0 saturated carbocycles. The quantitative estimate of drug-likeness (QED) is 0.160. The molecule has 0 atom stereocenters. The Labute approximate surface area is 374 Å². The molecular formula is C58H50N4O2. The summed E-state index contributed by atoms with van der Waals surface area (Å²) in [6.45, 7) is 14.1. The van der Waals surface area contributed by atoms with E-state index in [1.807, 2.05) is 18.3 Å². The Hall–Kier alpha value is -7.57. The first-order valence-electron chi connectivity index (χ1n) is 22.1. The minimum absolute atomic E-state index is 0.0510. The highest BCUT2D eigenvalue weighted by Crippen LogP contribution is 2.51. The van der Waals surface area contributed by atoms with Crippen molar-refractivity contribution in [3.63, 3.8) is 0 Å². The van der Waals surface area contributed by atoms with Gasteiger partial charge in [0.25, 0.3) is 0 Å². The van der Waals surface area contributed by atoms with E-state index in [1.165, 1.54) is 39.1 Å². The van der Waals surface area contributed by atoms with Crippen molar-refractivity contribution in [3.8, 4) is 39.6 Å². The van der Waals surface area contributed by atoms with E-state index < -0.39 is 0 Å². The molecule has 0 radical (unpaired) electrons. The molecule has 0 spiro atoms. The molecule has 0 unspecified atom stereocenters. The first-order valence-corrected chi connectivity index (χ1v) is 22.1. The van der Waals surface area contributed by atoms with Crippen molar-refractivity contribution >= 4 is 55.7 Å². The molecule has 1 aliphatic heterocycles. The summed E-state index contributed by atoms with van der Waals surface area (Å²) in [5, 5.41) is 2.05. The van der Waals surface area contributed by atoms with Gasteiger partial charge in [0, 0.05) is 45.9 Å². The van der Waals surface area contributed by atoms with Gasteiger partial charge in [0.1, 0.15) is 35.1 Å². The molecule has 11 rings (SSSR count). The van der Waals surface area contributed by atoms with Gasteiger partial charge in [-0.3, -0.25) is 4.57 Å². The van der Waals surface area contributed by atoms with Crippen LogP contribution >= 0.6 is 0 Å². The highest BCUT2D eigenvalue weighted by atomic mass is 16.5. The Kier molecular flexibility index (Phi) is 9.24. The highest BCUT2D eigenvalue weighted by Gasteiger charge is 2.32. The molecule has 4 heterocycles. The summed E-state index contributed by atoms with van der Waals surface area (Å²) in [6, 6.07) is 62.5. The van der Waals surface area contributed by atoms with Gasteiger partial charge in [-0.2, -0.15) is 0 Å². The van der Waals surface area contributed by atoms with Crippen molar-refractivity contribution in [1.29, 1.82) is 0 Å². The van der Waals surface area contributed by atoms with Crippen LogP contribution in [-0.2, 0) is 10.8 Å². The van der Waals surface area contributed by atoms with E-state index in [1.54, 1.807) is 0 Å². The highest BCUT2D eigenvalue weighted by molar-refractivity contribution is 6.16. The average molecular weight is 835 g/mol. The van der Waals surface area contributed by atoms with E-state index in [0.717, 1.165) is 67.4 Å². The zero-order chi connectivity index (χ0) is 43.7. The van der Waals surface area contributed by atoms with Crippen LogP contribution in [0.4, 0.5) is 22.7 Å². The van der Waals surface area contributed by atoms with Crippen molar-refractivity contribution in [2.75, 3.05) is 16.5 Å². The summed E-state index contributed by atoms with van der Waals surface area (Å²) >= 11 is 0. The molecule has 0 amide bonds. The van der Waals surface area contributed by atoms with Gasteiger partial charge in [-0.15, -0.1) is 0 Å². The van der Waals surface area contributed by atoms with Crippen LogP contribution in [0.1, 0.15) is 52.7 Å². The zero-order valence-corrected chi connectivity index (χ0v) is 37.1. The zero-order valence-electron chi connectivity index (χ0n) is 37.1. The SMILES string of the molecule is CC(C)(C)c1cc(Oc2ccc3c4oc5ccccc5c4n(-c4cc(C(C)(C)C)ccn4)c3c2)cc(N2CN(c3c(-c4ccccc4)cccc3-c3ccccc3)c3ccccc32)c1. The Morgan fingerprint density at radius 3 is 1.86 bits per heavy atom. The van der Waals surface area contributed by atoms with Crippen LogP contribution in [0.15, 0.2) is 187 Å². The van der Waals surface area contributed by atoms with Gasteiger partial charge in [0.15, 0.2) is 5.58 Å². The molecule has 6 nitrogen and oxygen atoms in total. The van der Waals surface area contributed by atoms with Crippen molar-refractivity contribution in [1.82, 2.24) is 9.55 Å². The molecule has 0 N–H and O–H groups in total. The second-order valence-electron chi connectivity index (χ2n) is 18.9. The number of anilines is 4. The molecule has 10 aromatic rings. The Morgan fingerprint density at radius 2 is 1.17 bits per heavy atom. The third-order valence-electron chi connectivity index (χ3n) is 12.6. The lowest BCUT2D eigenvalue weighted by Crippen LogP contribution is -2.25. The van der Waals surface area contributed by atoms with Crippen LogP contribution in [0.2, 0.25) is 0 Å². The Morgan fingerprint density at radius 1 is 0.531 bits per heavy atom. The van der Waals surface area contributed by atoms with Crippen LogP contribution in [0, 0.1) is 0 Å². The van der Waals surface area contributed by atoms with Crippen LogP contribution in [0.5, 0.6) is 11.5 Å². The molecule has 314 valence electrons. The summed E-state index contributed by atoms with van der Waals surface area (Å²) in [4.78, 5) is 9.86. The smallest absolute Gasteiger partial charge is 0.161 e. The topological polar surface area (TPSA) is 46.7 Å². The standard InChI is InChI=1S/C58H50N4O2/c1-57(2,3)40-30-31-59-53(34-40)62-51-36-43(28-29-47(51)56-55(62)48-22-13-16-27-52(48)64-56)63-44-33-41(58(4,5)6)32-42(35-44)60-37-61(50-26-15-14-25-49(50)60)54-45(38-18-9-7-10-19-38)23-17-24-46(54)39-20-11-8-12-21-39/h7-36H,37H2,1-6H3. The summed E-state index contributed by atoms with van der Waals surface area (Å²) in [7, 11) is 0. The molecular weight excluding hydrogens is 785 g/mol. The predicted molar refractivity (Wildman–Crippen MR) is 265 cm³/mol. The maximum atomic E-state index is 7.00. The molecule has 0 fully saturated rings. The minimum Gasteiger partial charge on any atom is -0.457 e. The van der Waals surface area contributed by atoms with E-state index in [-0.39, 0.29) is 10.8 Å². The second kappa shape index (κ2) is 15.1. The number of ether oxygens (including phenoxy) is 1. The average Bonchev–Trinajstić information content (AvgIpc) is 3.98. The number of rotatable bonds is 7. The monoisotopic (exact) mass is 834 g/mol. The van der Waals surface area contributed by atoms with Gasteiger partial charge in [0.05, 0.1) is 22.6 Å². The normalized spacial score (nSPS) is 13.0. The molecule has 0 bridgehead atoms. The van der Waals surface area contributed by atoms with E-state index in [0.29, 0.717) is 6.67 Å². The van der Waals surface area contributed by atoms with Crippen molar-refractivity contribution < 1.29 is 9.15 Å². The second-order valence-corrected chi connectivity index (χ2v) is 18.9. The van der Waals surface area contributed by atoms with Gasteiger partial charge < -0.3 is 19.0 Å². The fourth-order valence-corrected chi connectivity index (χ4v) is 9.28. The lowest BCUT2D eigenvalue weighted by Gasteiger charge is -2.28. The van der Waals surface area contributed by atoms with E-state index in [9.17, 15) is 0 Å². The maximum Gasteiger partial charge on any atom is 0.161 e. The number of aromatic nitrogens is 2. The molecule has 0 saturated heterocycles. The summed E-state index contributed by atoms with van der Waals surface area (Å²) in [6.07, 6.45) is 1.91. The fourth-order valence-electron chi connectivity index (χ4n) is 9.28. The third kappa shape index (κ3) is 6.78. The van der Waals surface area contributed by atoms with Gasteiger partial charge in [-0.1, -0.05) is 145 Å². The molecule has 3 aromatic heterocycles. The number of furan rings is 1. The summed E-state index contributed by atoms with van der Waals surface area (Å²) in [5.41, 5.74) is 15.1. The summed E-state index contributed by atoms with van der Waals surface area (Å²) < 4.78 is 15.8. The Bertz CT molecular complexity index is 3310. The number of benzene rings is 7. The van der Waals surface area contributed by atoms with Gasteiger partial charge >= 0.3 is 0 Å². The lowest BCUT2D eigenvalue weighted by atomic mass is 9.86.